The Morgan fingerprint density at radius 3 is 2.78 bits per heavy atom. The van der Waals surface area contributed by atoms with Crippen LogP contribution in [0.5, 0.6) is 0 Å². The average Bonchev–Trinajstić information content (AvgIpc) is 2.78. The van der Waals surface area contributed by atoms with Crippen molar-refractivity contribution in [1.82, 2.24) is 9.29 Å². The monoisotopic (exact) mass is 292 g/mol. The number of hydrogen-bond donors (Lipinski definition) is 2. The lowest BCUT2D eigenvalue weighted by atomic mass is 10.3. The summed E-state index contributed by atoms with van der Waals surface area (Å²) in [5.74, 6) is 0. The van der Waals surface area contributed by atoms with Gasteiger partial charge in [0.25, 0.3) is 0 Å². The molecule has 1 aromatic rings. The van der Waals surface area contributed by atoms with Crippen LogP contribution in [0.2, 0.25) is 0 Å². The number of rotatable bonds is 4. The van der Waals surface area contributed by atoms with Gasteiger partial charge in [0, 0.05) is 24.5 Å². The lowest BCUT2D eigenvalue weighted by Gasteiger charge is -2.25. The number of aromatic nitrogens is 1. The number of thiazole rings is 1. The van der Waals surface area contributed by atoms with E-state index in [1.54, 1.807) is 12.3 Å². The molecule has 0 aromatic carbocycles. The summed E-state index contributed by atoms with van der Waals surface area (Å²) in [6.45, 7) is 3.37. The second-order valence-corrected chi connectivity index (χ2v) is 6.51. The van der Waals surface area contributed by atoms with E-state index < -0.39 is 10.2 Å². The molecule has 0 spiro atoms. The summed E-state index contributed by atoms with van der Waals surface area (Å²) in [5.41, 5.74) is 6.35. The molecule has 102 valence electrons. The molecule has 0 amide bonds. The Balaban J connectivity index is 2.06. The normalized spacial score (nSPS) is 19.7. The number of morpholine rings is 1. The molecule has 0 saturated carbocycles. The third-order valence-electron chi connectivity index (χ3n) is 2.51. The highest BCUT2D eigenvalue weighted by molar-refractivity contribution is 7.90. The molecule has 1 saturated heterocycles. The lowest BCUT2D eigenvalue weighted by Crippen LogP contribution is -2.43. The highest BCUT2D eigenvalue weighted by atomic mass is 32.2. The standard InChI is InChI=1S/C9H16N4O3S2/c1-7(10)8-6-17-9(11-8)12-18(14,15)13-2-4-16-5-3-13/h6-7H,2-5,10H2,1H3,(H,11,12). The number of ether oxygens (including phenoxy) is 1. The predicted octanol–water partition coefficient (Wildman–Crippen LogP) is 0.152. The van der Waals surface area contributed by atoms with E-state index in [1.165, 1.54) is 15.6 Å². The van der Waals surface area contributed by atoms with Crippen molar-refractivity contribution in [2.24, 2.45) is 5.73 Å². The molecule has 1 fully saturated rings. The van der Waals surface area contributed by atoms with Crippen molar-refractivity contribution < 1.29 is 13.2 Å². The quantitative estimate of drug-likeness (QED) is 0.823. The van der Waals surface area contributed by atoms with Crippen molar-refractivity contribution in [1.29, 1.82) is 0 Å². The molecule has 2 rings (SSSR count). The van der Waals surface area contributed by atoms with Gasteiger partial charge < -0.3 is 10.5 Å². The minimum atomic E-state index is -3.54. The summed E-state index contributed by atoms with van der Waals surface area (Å²) >= 11 is 1.23. The fourth-order valence-corrected chi connectivity index (χ4v) is 3.70. The summed E-state index contributed by atoms with van der Waals surface area (Å²) in [6.07, 6.45) is 0. The molecule has 0 aliphatic carbocycles. The Morgan fingerprint density at radius 2 is 2.22 bits per heavy atom. The first-order valence-corrected chi connectivity index (χ1v) is 7.87. The van der Waals surface area contributed by atoms with Gasteiger partial charge in [-0.3, -0.25) is 0 Å². The first kappa shape index (κ1) is 13.7. The molecule has 1 aromatic heterocycles. The van der Waals surface area contributed by atoms with Crippen molar-refractivity contribution in [3.05, 3.63) is 11.1 Å². The van der Waals surface area contributed by atoms with Crippen LogP contribution >= 0.6 is 11.3 Å². The van der Waals surface area contributed by atoms with Gasteiger partial charge in [0.1, 0.15) is 0 Å². The van der Waals surface area contributed by atoms with Crippen LogP contribution in [0.25, 0.3) is 0 Å². The van der Waals surface area contributed by atoms with Gasteiger partial charge >= 0.3 is 10.2 Å². The Hall–Kier alpha value is -0.740. The zero-order valence-electron chi connectivity index (χ0n) is 10.00. The second kappa shape index (κ2) is 5.49. The summed E-state index contributed by atoms with van der Waals surface area (Å²) < 4.78 is 33.0. The van der Waals surface area contributed by atoms with Crippen LogP contribution < -0.4 is 10.5 Å². The molecule has 0 bridgehead atoms. The summed E-state index contributed by atoms with van der Waals surface area (Å²) in [4.78, 5) is 4.14. The largest absolute Gasteiger partial charge is 0.379 e. The minimum Gasteiger partial charge on any atom is -0.379 e. The maximum Gasteiger partial charge on any atom is 0.303 e. The van der Waals surface area contributed by atoms with Gasteiger partial charge in [-0.05, 0) is 6.92 Å². The van der Waals surface area contributed by atoms with E-state index in [4.69, 9.17) is 10.5 Å². The molecule has 1 unspecified atom stereocenters. The van der Waals surface area contributed by atoms with Crippen LogP contribution in [-0.4, -0.2) is 44.0 Å². The van der Waals surface area contributed by atoms with Gasteiger partial charge in [-0.15, -0.1) is 11.3 Å². The molecular weight excluding hydrogens is 276 g/mol. The van der Waals surface area contributed by atoms with Crippen molar-refractivity contribution in [3.63, 3.8) is 0 Å². The molecule has 9 heteroatoms. The molecule has 1 aliphatic rings. The highest BCUT2D eigenvalue weighted by Gasteiger charge is 2.25. The fraction of sp³-hybridized carbons (Fsp3) is 0.667. The molecule has 0 radical (unpaired) electrons. The Morgan fingerprint density at radius 1 is 1.56 bits per heavy atom. The summed E-state index contributed by atoms with van der Waals surface area (Å²) in [5, 5.41) is 2.09. The molecular formula is C9H16N4O3S2. The van der Waals surface area contributed by atoms with Gasteiger partial charge in [0.15, 0.2) is 5.13 Å². The van der Waals surface area contributed by atoms with Crippen molar-refractivity contribution in [3.8, 4) is 0 Å². The minimum absolute atomic E-state index is 0.206. The molecule has 1 atom stereocenters. The zero-order chi connectivity index (χ0) is 13.2. The van der Waals surface area contributed by atoms with Crippen LogP contribution in [0.3, 0.4) is 0 Å². The summed E-state index contributed by atoms with van der Waals surface area (Å²) in [6, 6.07) is -0.206. The molecule has 7 nitrogen and oxygen atoms in total. The van der Waals surface area contributed by atoms with Gasteiger partial charge in [-0.25, -0.2) is 9.71 Å². The van der Waals surface area contributed by atoms with Gasteiger partial charge in [0.05, 0.1) is 18.9 Å². The fourth-order valence-electron chi connectivity index (χ4n) is 1.50. The second-order valence-electron chi connectivity index (χ2n) is 3.98. The topological polar surface area (TPSA) is 97.5 Å². The van der Waals surface area contributed by atoms with E-state index >= 15 is 0 Å². The van der Waals surface area contributed by atoms with E-state index in [2.05, 4.69) is 9.71 Å². The van der Waals surface area contributed by atoms with Crippen LogP contribution in [0, 0.1) is 0 Å². The van der Waals surface area contributed by atoms with Gasteiger partial charge in [-0.1, -0.05) is 0 Å². The van der Waals surface area contributed by atoms with Gasteiger partial charge in [-0.2, -0.15) is 12.7 Å². The van der Waals surface area contributed by atoms with E-state index in [9.17, 15) is 8.42 Å². The van der Waals surface area contributed by atoms with Crippen LogP contribution in [0.4, 0.5) is 5.13 Å². The van der Waals surface area contributed by atoms with Crippen molar-refractivity contribution >= 4 is 26.7 Å². The number of hydrogen-bond acceptors (Lipinski definition) is 6. The smallest absolute Gasteiger partial charge is 0.303 e. The predicted molar refractivity (Wildman–Crippen MR) is 69.7 cm³/mol. The number of anilines is 1. The van der Waals surface area contributed by atoms with Crippen LogP contribution in [-0.2, 0) is 14.9 Å². The first-order chi connectivity index (χ1) is 8.49. The first-order valence-electron chi connectivity index (χ1n) is 5.55. The van der Waals surface area contributed by atoms with E-state index in [1.807, 2.05) is 0 Å². The van der Waals surface area contributed by atoms with E-state index in [0.717, 1.165) is 0 Å². The molecule has 18 heavy (non-hydrogen) atoms. The molecule has 3 N–H and O–H groups in total. The van der Waals surface area contributed by atoms with Crippen LogP contribution in [0.15, 0.2) is 5.38 Å². The third kappa shape index (κ3) is 3.18. The number of nitrogens with one attached hydrogen (secondary N) is 1. The molecule has 2 heterocycles. The van der Waals surface area contributed by atoms with Gasteiger partial charge in [0.2, 0.25) is 0 Å². The van der Waals surface area contributed by atoms with Crippen molar-refractivity contribution in [2.45, 2.75) is 13.0 Å². The Kier molecular flexibility index (Phi) is 4.17. The van der Waals surface area contributed by atoms with Crippen molar-refractivity contribution in [2.75, 3.05) is 31.0 Å². The number of nitrogens with two attached hydrogens (primary N) is 1. The SMILES string of the molecule is CC(N)c1csc(NS(=O)(=O)N2CCOCC2)n1. The Bertz CT molecular complexity index is 494. The highest BCUT2D eigenvalue weighted by Crippen LogP contribution is 2.21. The zero-order valence-corrected chi connectivity index (χ0v) is 11.6. The maximum absolute atomic E-state index is 12.0. The van der Waals surface area contributed by atoms with E-state index in [0.29, 0.717) is 37.1 Å². The van der Waals surface area contributed by atoms with Crippen LogP contribution in [0.1, 0.15) is 18.7 Å². The lowest BCUT2D eigenvalue weighted by molar-refractivity contribution is 0.0733. The summed E-state index contributed by atoms with van der Waals surface area (Å²) in [7, 11) is -3.54. The number of nitrogens with zero attached hydrogens (tertiary/aromatic N) is 2. The average molecular weight is 292 g/mol. The Labute approximate surface area is 110 Å². The van der Waals surface area contributed by atoms with E-state index in [-0.39, 0.29) is 6.04 Å². The maximum atomic E-state index is 12.0. The molecule has 1 aliphatic heterocycles. The third-order valence-corrected chi connectivity index (χ3v) is 4.92.